The number of rotatable bonds is 2. The number of hydrogen-bond acceptors (Lipinski definition) is 5. The number of nitriles is 2. The number of aromatic nitrogens is 1. The van der Waals surface area contributed by atoms with E-state index < -0.39 is 11.5 Å². The maximum absolute atomic E-state index is 13.1. The highest BCUT2D eigenvalue weighted by Crippen LogP contribution is 2.38. The van der Waals surface area contributed by atoms with Crippen LogP contribution in [0.1, 0.15) is 17.0 Å². The van der Waals surface area contributed by atoms with Crippen molar-refractivity contribution in [2.24, 2.45) is 5.73 Å². The van der Waals surface area contributed by atoms with Crippen molar-refractivity contribution in [3.63, 3.8) is 0 Å². The predicted molar refractivity (Wildman–Crippen MR) is 119 cm³/mol. The Kier molecular flexibility index (Phi) is 5.24. The standard InChI is InChI=1S/C22H12Cl2N4OS/c23-16-7-3-1-5-12(16)9-18-21(29)28-20(27)14(10-25)19(15(11-26)22(28)30-18)13-6-2-4-8-17(13)24/h1-9,19H,27H2. The number of allylic oxidation sites excluding steroid dienone is 1. The number of fused-ring (bicyclic) bond motifs is 1. The van der Waals surface area contributed by atoms with Crippen LogP contribution in [-0.2, 0) is 0 Å². The van der Waals surface area contributed by atoms with Gasteiger partial charge in [-0.05, 0) is 29.3 Å². The van der Waals surface area contributed by atoms with E-state index in [0.717, 1.165) is 11.3 Å². The van der Waals surface area contributed by atoms with Gasteiger partial charge in [0.15, 0.2) is 0 Å². The van der Waals surface area contributed by atoms with Crippen LogP contribution in [0.25, 0.3) is 17.5 Å². The zero-order valence-corrected chi connectivity index (χ0v) is 17.6. The van der Waals surface area contributed by atoms with Gasteiger partial charge in [-0.3, -0.25) is 9.36 Å². The van der Waals surface area contributed by atoms with E-state index in [9.17, 15) is 15.3 Å². The topological polar surface area (TPSA) is 95.6 Å². The van der Waals surface area contributed by atoms with Crippen molar-refractivity contribution < 1.29 is 0 Å². The van der Waals surface area contributed by atoms with Gasteiger partial charge >= 0.3 is 0 Å². The molecule has 0 radical (unpaired) electrons. The third kappa shape index (κ3) is 3.12. The lowest BCUT2D eigenvalue weighted by Crippen LogP contribution is -2.38. The smallest absolute Gasteiger partial charge is 0.274 e. The van der Waals surface area contributed by atoms with Gasteiger partial charge in [0, 0.05) is 10.0 Å². The molecule has 2 N–H and O–H groups in total. The molecule has 8 heteroatoms. The molecule has 1 atom stereocenters. The maximum atomic E-state index is 13.1. The van der Waals surface area contributed by atoms with Gasteiger partial charge in [0.2, 0.25) is 0 Å². The lowest BCUT2D eigenvalue weighted by molar-refractivity contribution is 0.906. The first-order valence-electron chi connectivity index (χ1n) is 8.75. The van der Waals surface area contributed by atoms with Crippen LogP contribution in [-0.4, -0.2) is 4.57 Å². The first-order chi connectivity index (χ1) is 14.5. The summed E-state index contributed by atoms with van der Waals surface area (Å²) in [6.07, 6.45) is 1.65. The van der Waals surface area contributed by atoms with Crippen molar-refractivity contribution in [2.75, 3.05) is 0 Å². The minimum Gasteiger partial charge on any atom is -0.384 e. The molecule has 1 aromatic heterocycles. The van der Waals surface area contributed by atoms with E-state index in [1.54, 1.807) is 48.5 Å². The van der Waals surface area contributed by atoms with Gasteiger partial charge in [-0.25, -0.2) is 0 Å². The number of hydrogen-bond donors (Lipinski definition) is 1. The molecule has 30 heavy (non-hydrogen) atoms. The van der Waals surface area contributed by atoms with Crippen LogP contribution >= 0.6 is 34.5 Å². The van der Waals surface area contributed by atoms with Crippen LogP contribution in [0.4, 0.5) is 0 Å². The molecule has 0 fully saturated rings. The maximum Gasteiger partial charge on any atom is 0.274 e. The first-order valence-corrected chi connectivity index (χ1v) is 10.3. The highest BCUT2D eigenvalue weighted by atomic mass is 35.5. The van der Waals surface area contributed by atoms with E-state index in [-0.39, 0.29) is 17.0 Å². The van der Waals surface area contributed by atoms with Crippen LogP contribution in [0.2, 0.25) is 10.0 Å². The van der Waals surface area contributed by atoms with Gasteiger partial charge in [-0.15, -0.1) is 11.3 Å². The first kappa shape index (κ1) is 20.0. The second kappa shape index (κ2) is 7.85. The van der Waals surface area contributed by atoms with Crippen LogP contribution in [0.3, 0.4) is 0 Å². The van der Waals surface area contributed by atoms with Crippen molar-refractivity contribution in [2.45, 2.75) is 5.92 Å². The van der Waals surface area contributed by atoms with Crippen LogP contribution in [0.5, 0.6) is 0 Å². The molecule has 4 rings (SSSR count). The van der Waals surface area contributed by atoms with Crippen molar-refractivity contribution in [3.05, 3.63) is 94.8 Å². The summed E-state index contributed by atoms with van der Waals surface area (Å²) < 4.78 is 1.95. The summed E-state index contributed by atoms with van der Waals surface area (Å²) >= 11 is 13.7. The van der Waals surface area contributed by atoms with Gasteiger partial charge in [0.25, 0.3) is 5.56 Å². The van der Waals surface area contributed by atoms with Gasteiger partial charge in [-0.1, -0.05) is 59.6 Å². The lowest BCUT2D eigenvalue weighted by atomic mass is 9.84. The zero-order chi connectivity index (χ0) is 21.4. The quantitative estimate of drug-likeness (QED) is 0.648. The molecule has 0 aliphatic carbocycles. The Morgan fingerprint density at radius 3 is 2.27 bits per heavy atom. The van der Waals surface area contributed by atoms with E-state index >= 15 is 0 Å². The van der Waals surface area contributed by atoms with E-state index in [2.05, 4.69) is 12.1 Å². The largest absolute Gasteiger partial charge is 0.384 e. The average molecular weight is 451 g/mol. The molecule has 1 aliphatic heterocycles. The van der Waals surface area contributed by atoms with Crippen molar-refractivity contribution >= 4 is 52.0 Å². The Morgan fingerprint density at radius 2 is 1.63 bits per heavy atom. The third-order valence-corrected chi connectivity index (χ3v) is 6.59. The number of halogens is 2. The van der Waals surface area contributed by atoms with Gasteiger partial charge in [0.1, 0.15) is 10.5 Å². The lowest BCUT2D eigenvalue weighted by Gasteiger charge is -2.22. The Labute approximate surface area is 185 Å². The van der Waals surface area contributed by atoms with E-state index in [1.807, 2.05) is 6.07 Å². The summed E-state index contributed by atoms with van der Waals surface area (Å²) in [5, 5.41) is 20.7. The normalized spacial score (nSPS) is 16.2. The fraction of sp³-hybridized carbons (Fsp3) is 0.0455. The monoisotopic (exact) mass is 450 g/mol. The zero-order valence-electron chi connectivity index (χ0n) is 15.3. The molecule has 2 aromatic carbocycles. The molecular formula is C22H12Cl2N4OS. The number of nitrogens with two attached hydrogens (primary N) is 1. The summed E-state index contributed by atoms with van der Waals surface area (Å²) in [4.78, 5) is 13.1. The highest BCUT2D eigenvalue weighted by molar-refractivity contribution is 7.07. The minimum absolute atomic E-state index is 0.00326. The third-order valence-electron chi connectivity index (χ3n) is 4.80. The number of thiazole rings is 1. The Bertz CT molecular complexity index is 1480. The summed E-state index contributed by atoms with van der Waals surface area (Å²) in [7, 11) is 0. The van der Waals surface area contributed by atoms with Gasteiger partial charge in [-0.2, -0.15) is 10.5 Å². The fourth-order valence-electron chi connectivity index (χ4n) is 3.41. The second-order valence-electron chi connectivity index (χ2n) is 6.47. The van der Waals surface area contributed by atoms with Crippen molar-refractivity contribution in [3.8, 4) is 12.1 Å². The summed E-state index contributed by atoms with van der Waals surface area (Å²) in [6.45, 7) is 0. The van der Waals surface area contributed by atoms with Crippen LogP contribution < -0.4 is 20.5 Å². The molecule has 0 saturated heterocycles. The predicted octanol–water partition coefficient (Wildman–Crippen LogP) is 3.17. The second-order valence-corrected chi connectivity index (χ2v) is 8.31. The average Bonchev–Trinajstić information content (AvgIpc) is 3.06. The molecule has 5 nitrogen and oxygen atoms in total. The molecular weight excluding hydrogens is 439 g/mol. The van der Waals surface area contributed by atoms with E-state index in [4.69, 9.17) is 28.9 Å². The summed E-state index contributed by atoms with van der Waals surface area (Å²) in [5.74, 6) is -0.753. The molecule has 1 unspecified atom stereocenters. The van der Waals surface area contributed by atoms with E-state index in [0.29, 0.717) is 30.4 Å². The van der Waals surface area contributed by atoms with E-state index in [1.165, 1.54) is 4.57 Å². The molecule has 0 saturated carbocycles. The van der Waals surface area contributed by atoms with Crippen LogP contribution in [0.15, 0.2) is 58.9 Å². The van der Waals surface area contributed by atoms with Crippen molar-refractivity contribution in [1.29, 1.82) is 10.5 Å². The van der Waals surface area contributed by atoms with Gasteiger partial charge in [0.05, 0.1) is 33.7 Å². The molecule has 0 spiro atoms. The Hall–Kier alpha value is -3.29. The van der Waals surface area contributed by atoms with Crippen LogP contribution in [0, 0.1) is 22.7 Å². The summed E-state index contributed by atoms with van der Waals surface area (Å²) in [6, 6.07) is 18.3. The van der Waals surface area contributed by atoms with Crippen molar-refractivity contribution in [1.82, 2.24) is 4.57 Å². The fourth-order valence-corrected chi connectivity index (χ4v) is 4.96. The molecule has 3 aromatic rings. The molecule has 2 heterocycles. The Balaban J connectivity index is 2.10. The number of benzene rings is 2. The number of nitrogens with zero attached hydrogens (tertiary/aromatic N) is 3. The highest BCUT2D eigenvalue weighted by Gasteiger charge is 2.33. The minimum atomic E-state index is -0.750. The molecule has 0 amide bonds. The molecule has 1 aliphatic rings. The molecule has 0 bridgehead atoms. The van der Waals surface area contributed by atoms with Gasteiger partial charge < -0.3 is 5.73 Å². The summed E-state index contributed by atoms with van der Waals surface area (Å²) in [5.41, 5.74) is 7.44. The SMILES string of the molecule is N#CC1=C(N)n2c(sc(=Cc3ccccc3Cl)c2=O)=C(C#N)C1c1ccccc1Cl. The Morgan fingerprint density at radius 1 is 1.00 bits per heavy atom. The molecule has 146 valence electrons.